The molecule has 1 rings (SSSR count). The highest BCUT2D eigenvalue weighted by molar-refractivity contribution is 5.87. The Morgan fingerprint density at radius 1 is 1.24 bits per heavy atom. The predicted molar refractivity (Wildman–Crippen MR) is 53.7 cm³/mol. The fraction of sp³-hybridized carbons (Fsp3) is 0.364. The van der Waals surface area contributed by atoms with Gasteiger partial charge >= 0.3 is 12.1 Å². The fourth-order valence-corrected chi connectivity index (χ4v) is 1.31. The highest BCUT2D eigenvalue weighted by Crippen LogP contribution is 2.27. The lowest BCUT2D eigenvalue weighted by molar-refractivity contribution is -0.140. The average Bonchev–Trinajstić information content (AvgIpc) is 2.25. The van der Waals surface area contributed by atoms with E-state index in [1.807, 2.05) is 0 Å². The van der Waals surface area contributed by atoms with E-state index in [2.05, 4.69) is 0 Å². The molecule has 1 aromatic carbocycles. The van der Waals surface area contributed by atoms with Gasteiger partial charge in [-0.3, -0.25) is 0 Å². The molecule has 2 N–H and O–H groups in total. The van der Waals surface area contributed by atoms with Crippen LogP contribution in [0.3, 0.4) is 0 Å². The third-order valence-corrected chi connectivity index (χ3v) is 2.24. The number of hydrogen-bond donors (Lipinski definition) is 2. The van der Waals surface area contributed by atoms with Crippen LogP contribution in [0.5, 0.6) is 0 Å². The lowest BCUT2D eigenvalue weighted by Crippen LogP contribution is -2.10. The van der Waals surface area contributed by atoms with Gasteiger partial charge in [0, 0.05) is 6.42 Å². The molecular weight excluding hydrogens is 237 g/mol. The van der Waals surface area contributed by atoms with Crippen molar-refractivity contribution in [2.45, 2.75) is 25.1 Å². The summed E-state index contributed by atoms with van der Waals surface area (Å²) in [7, 11) is 0. The van der Waals surface area contributed by atoms with E-state index in [4.69, 9.17) is 5.11 Å². The van der Waals surface area contributed by atoms with Crippen molar-refractivity contribution in [3.05, 3.63) is 35.4 Å². The molecular formula is C11H11F3O3. The lowest BCUT2D eigenvalue weighted by atomic mass is 10.0. The topological polar surface area (TPSA) is 57.5 Å². The molecule has 0 saturated heterocycles. The van der Waals surface area contributed by atoms with Crippen molar-refractivity contribution >= 4 is 5.97 Å². The van der Waals surface area contributed by atoms with Crippen LogP contribution in [-0.4, -0.2) is 22.4 Å². The number of carboxylic acids is 1. The van der Waals surface area contributed by atoms with Crippen LogP contribution in [0.2, 0.25) is 0 Å². The first-order chi connectivity index (χ1) is 7.79. The molecule has 0 aliphatic heterocycles. The zero-order chi connectivity index (χ0) is 13.1. The first-order valence-electron chi connectivity index (χ1n) is 4.87. The molecule has 1 unspecified atom stereocenters. The Kier molecular flexibility index (Phi) is 4.11. The van der Waals surface area contributed by atoms with Crippen molar-refractivity contribution in [2.75, 3.05) is 0 Å². The lowest BCUT2D eigenvalue weighted by Gasteiger charge is -2.12. The Labute approximate surface area is 95.5 Å². The summed E-state index contributed by atoms with van der Waals surface area (Å²) in [5, 5.41) is 18.1. The average molecular weight is 248 g/mol. The summed E-state index contributed by atoms with van der Waals surface area (Å²) in [6.07, 6.45) is -7.05. The van der Waals surface area contributed by atoms with Crippen LogP contribution in [0, 0.1) is 0 Å². The minimum Gasteiger partial charge on any atom is -0.478 e. The van der Waals surface area contributed by atoms with Gasteiger partial charge in [0.05, 0.1) is 11.7 Å². The molecule has 0 radical (unpaired) electrons. The quantitative estimate of drug-likeness (QED) is 0.861. The Hall–Kier alpha value is -1.56. The number of alkyl halides is 3. The van der Waals surface area contributed by atoms with Crippen LogP contribution in [0.15, 0.2) is 24.3 Å². The van der Waals surface area contributed by atoms with Crippen LogP contribution in [0.4, 0.5) is 13.2 Å². The van der Waals surface area contributed by atoms with Gasteiger partial charge in [-0.15, -0.1) is 0 Å². The van der Waals surface area contributed by atoms with Gasteiger partial charge in [0.1, 0.15) is 0 Å². The molecule has 17 heavy (non-hydrogen) atoms. The molecule has 1 atom stereocenters. The second-order valence-electron chi connectivity index (χ2n) is 3.60. The van der Waals surface area contributed by atoms with Gasteiger partial charge in [0.15, 0.2) is 0 Å². The molecule has 3 nitrogen and oxygen atoms in total. The van der Waals surface area contributed by atoms with E-state index in [0.29, 0.717) is 0 Å². The molecule has 0 bridgehead atoms. The Bertz CT molecular complexity index is 384. The molecule has 0 aliphatic carbocycles. The number of aliphatic hydroxyl groups is 1. The number of aliphatic hydroxyl groups excluding tert-OH is 1. The largest absolute Gasteiger partial charge is 0.478 e. The van der Waals surface area contributed by atoms with E-state index in [0.717, 1.165) is 0 Å². The third kappa shape index (κ3) is 4.44. The number of carbonyl (C=O) groups is 1. The number of aromatic carboxylic acids is 1. The summed E-state index contributed by atoms with van der Waals surface area (Å²) >= 11 is 0. The third-order valence-electron chi connectivity index (χ3n) is 2.24. The van der Waals surface area contributed by atoms with E-state index in [-0.39, 0.29) is 11.1 Å². The van der Waals surface area contributed by atoms with E-state index in [1.165, 1.54) is 24.3 Å². The summed E-state index contributed by atoms with van der Waals surface area (Å²) in [4.78, 5) is 10.5. The number of rotatable bonds is 4. The Balaban J connectivity index is 2.63. The van der Waals surface area contributed by atoms with E-state index < -0.39 is 31.1 Å². The second kappa shape index (κ2) is 5.18. The van der Waals surface area contributed by atoms with Gasteiger partial charge in [-0.05, 0) is 24.1 Å². The van der Waals surface area contributed by atoms with Crippen molar-refractivity contribution in [2.24, 2.45) is 0 Å². The summed E-state index contributed by atoms with van der Waals surface area (Å²) in [5.41, 5.74) is 0.302. The van der Waals surface area contributed by atoms with Crippen LogP contribution in [-0.2, 0) is 0 Å². The fourth-order valence-electron chi connectivity index (χ4n) is 1.31. The molecule has 0 aromatic heterocycles. The van der Waals surface area contributed by atoms with Crippen molar-refractivity contribution in [1.29, 1.82) is 0 Å². The molecule has 0 spiro atoms. The first-order valence-corrected chi connectivity index (χ1v) is 4.87. The maximum absolute atomic E-state index is 11.9. The Morgan fingerprint density at radius 2 is 1.76 bits per heavy atom. The van der Waals surface area contributed by atoms with Gasteiger partial charge < -0.3 is 10.2 Å². The predicted octanol–water partition coefficient (Wildman–Crippen LogP) is 2.76. The SMILES string of the molecule is O=C(O)c1ccc(C(O)CCC(F)(F)F)cc1. The second-order valence-corrected chi connectivity index (χ2v) is 3.60. The van der Waals surface area contributed by atoms with Gasteiger partial charge in [-0.25, -0.2) is 4.79 Å². The van der Waals surface area contributed by atoms with Crippen LogP contribution in [0.25, 0.3) is 0 Å². The molecule has 1 aromatic rings. The molecule has 6 heteroatoms. The standard InChI is InChI=1S/C11H11F3O3/c12-11(13,14)6-5-9(15)7-1-3-8(4-2-7)10(16)17/h1-4,9,15H,5-6H2,(H,16,17). The number of halogens is 3. The normalized spacial score (nSPS) is 13.4. The van der Waals surface area contributed by atoms with Crippen molar-refractivity contribution in [3.8, 4) is 0 Å². The highest BCUT2D eigenvalue weighted by Gasteiger charge is 2.28. The van der Waals surface area contributed by atoms with E-state index in [1.54, 1.807) is 0 Å². The molecule has 0 aliphatic rings. The van der Waals surface area contributed by atoms with E-state index >= 15 is 0 Å². The maximum Gasteiger partial charge on any atom is 0.389 e. The number of benzene rings is 1. The smallest absolute Gasteiger partial charge is 0.389 e. The van der Waals surface area contributed by atoms with Crippen LogP contribution in [0.1, 0.15) is 34.9 Å². The first kappa shape index (κ1) is 13.5. The van der Waals surface area contributed by atoms with Crippen molar-refractivity contribution < 1.29 is 28.2 Å². The van der Waals surface area contributed by atoms with Gasteiger partial charge in [0.2, 0.25) is 0 Å². The minimum absolute atomic E-state index is 0.0248. The molecule has 0 fully saturated rings. The van der Waals surface area contributed by atoms with Gasteiger partial charge in [-0.2, -0.15) is 13.2 Å². The minimum atomic E-state index is -4.30. The maximum atomic E-state index is 11.9. The summed E-state index contributed by atoms with van der Waals surface area (Å²) < 4.78 is 35.7. The summed E-state index contributed by atoms with van der Waals surface area (Å²) in [6, 6.07) is 5.11. The van der Waals surface area contributed by atoms with Crippen LogP contribution < -0.4 is 0 Å². The molecule has 0 heterocycles. The summed E-state index contributed by atoms with van der Waals surface area (Å²) in [6.45, 7) is 0. The molecule has 0 amide bonds. The molecule has 0 saturated carbocycles. The number of hydrogen-bond acceptors (Lipinski definition) is 2. The zero-order valence-electron chi connectivity index (χ0n) is 8.74. The number of carboxylic acid groups (broad SMARTS) is 1. The van der Waals surface area contributed by atoms with Crippen molar-refractivity contribution in [1.82, 2.24) is 0 Å². The van der Waals surface area contributed by atoms with Crippen LogP contribution >= 0.6 is 0 Å². The summed E-state index contributed by atoms with van der Waals surface area (Å²) in [5.74, 6) is -1.12. The zero-order valence-corrected chi connectivity index (χ0v) is 8.74. The highest BCUT2D eigenvalue weighted by atomic mass is 19.4. The van der Waals surface area contributed by atoms with Gasteiger partial charge in [-0.1, -0.05) is 12.1 Å². The monoisotopic (exact) mass is 248 g/mol. The van der Waals surface area contributed by atoms with Gasteiger partial charge in [0.25, 0.3) is 0 Å². The van der Waals surface area contributed by atoms with Crippen molar-refractivity contribution in [3.63, 3.8) is 0 Å². The molecule has 94 valence electrons. The van der Waals surface area contributed by atoms with E-state index in [9.17, 15) is 23.1 Å². The Morgan fingerprint density at radius 3 is 2.18 bits per heavy atom.